The van der Waals surface area contributed by atoms with Gasteiger partial charge in [0.2, 0.25) is 5.91 Å². The second-order valence-corrected chi connectivity index (χ2v) is 4.46. The Hall–Kier alpha value is -2.34. The van der Waals surface area contributed by atoms with Gasteiger partial charge in [-0.2, -0.15) is 0 Å². The number of nitrogens with one attached hydrogen (secondary N) is 4. The number of amides is 3. The van der Waals surface area contributed by atoms with Gasteiger partial charge in [-0.05, 0) is 44.3 Å². The van der Waals surface area contributed by atoms with E-state index in [9.17, 15) is 9.59 Å². The summed E-state index contributed by atoms with van der Waals surface area (Å²) in [7, 11) is 1.86. The minimum absolute atomic E-state index is 0.0188. The van der Waals surface area contributed by atoms with Gasteiger partial charge in [-0.15, -0.1) is 6.58 Å². The van der Waals surface area contributed by atoms with Gasteiger partial charge in [0.25, 0.3) is 0 Å². The predicted octanol–water partition coefficient (Wildman–Crippen LogP) is 1.93. The van der Waals surface area contributed by atoms with Gasteiger partial charge in [0.1, 0.15) is 0 Å². The summed E-state index contributed by atoms with van der Waals surface area (Å²) in [4.78, 5) is 23.1. The first-order chi connectivity index (χ1) is 10.2. The zero-order valence-electron chi connectivity index (χ0n) is 12.2. The molecule has 0 aliphatic heterocycles. The fraction of sp³-hybridized carbons (Fsp3) is 0.333. The molecule has 1 aromatic rings. The van der Waals surface area contributed by atoms with Gasteiger partial charge < -0.3 is 21.3 Å². The molecule has 4 N–H and O–H groups in total. The Bertz CT molecular complexity index is 471. The zero-order chi connectivity index (χ0) is 15.5. The monoisotopic (exact) mass is 290 g/mol. The fourth-order valence-corrected chi connectivity index (χ4v) is 1.63. The molecule has 0 bridgehead atoms. The topological polar surface area (TPSA) is 82.3 Å². The third-order valence-electron chi connectivity index (χ3n) is 2.66. The summed E-state index contributed by atoms with van der Waals surface area (Å²) in [5, 5.41) is 11.1. The molecule has 0 fully saturated rings. The summed E-state index contributed by atoms with van der Waals surface area (Å²) >= 11 is 0. The van der Waals surface area contributed by atoms with Crippen molar-refractivity contribution in [2.45, 2.75) is 12.8 Å². The average molecular weight is 290 g/mol. The minimum Gasteiger partial charge on any atom is -0.334 e. The predicted molar refractivity (Wildman–Crippen MR) is 85.5 cm³/mol. The molecule has 0 saturated carbocycles. The Balaban J connectivity index is 2.41. The highest BCUT2D eigenvalue weighted by Gasteiger charge is 2.03. The zero-order valence-corrected chi connectivity index (χ0v) is 12.2. The highest BCUT2D eigenvalue weighted by Crippen LogP contribution is 2.13. The largest absolute Gasteiger partial charge is 0.334 e. The molecule has 0 unspecified atom stereocenters. The second kappa shape index (κ2) is 9.55. The van der Waals surface area contributed by atoms with Crippen LogP contribution >= 0.6 is 0 Å². The summed E-state index contributed by atoms with van der Waals surface area (Å²) in [6, 6.07) is 6.67. The maximum Gasteiger partial charge on any atom is 0.319 e. The van der Waals surface area contributed by atoms with E-state index in [-0.39, 0.29) is 11.9 Å². The lowest BCUT2D eigenvalue weighted by molar-refractivity contribution is -0.116. The van der Waals surface area contributed by atoms with Crippen LogP contribution < -0.4 is 21.3 Å². The maximum absolute atomic E-state index is 11.6. The van der Waals surface area contributed by atoms with Gasteiger partial charge in [0.15, 0.2) is 0 Å². The molecule has 0 aliphatic rings. The molecule has 1 aromatic carbocycles. The molecule has 0 radical (unpaired) electrons. The van der Waals surface area contributed by atoms with E-state index in [4.69, 9.17) is 0 Å². The maximum atomic E-state index is 11.6. The molecule has 6 heteroatoms. The first-order valence-corrected chi connectivity index (χ1v) is 6.86. The van der Waals surface area contributed by atoms with E-state index in [0.29, 0.717) is 24.3 Å². The normalized spacial score (nSPS) is 9.76. The molecular formula is C15H22N4O2. The van der Waals surface area contributed by atoms with Gasteiger partial charge in [-0.3, -0.25) is 4.79 Å². The van der Waals surface area contributed by atoms with Crippen LogP contribution in [0.5, 0.6) is 0 Å². The highest BCUT2D eigenvalue weighted by atomic mass is 16.2. The average Bonchev–Trinajstić information content (AvgIpc) is 2.47. The summed E-state index contributed by atoms with van der Waals surface area (Å²) < 4.78 is 0. The first kappa shape index (κ1) is 16.7. The number of urea groups is 1. The number of hydrogen-bond acceptors (Lipinski definition) is 3. The molecule has 21 heavy (non-hydrogen) atoms. The minimum atomic E-state index is -0.293. The molecular weight excluding hydrogens is 268 g/mol. The van der Waals surface area contributed by atoms with Crippen molar-refractivity contribution < 1.29 is 9.59 Å². The molecule has 3 amide bonds. The number of carbonyl (C=O) groups is 2. The molecule has 0 atom stereocenters. The number of benzene rings is 1. The second-order valence-electron chi connectivity index (χ2n) is 4.46. The number of hydrogen-bond donors (Lipinski definition) is 4. The van der Waals surface area contributed by atoms with E-state index in [2.05, 4.69) is 27.8 Å². The lowest BCUT2D eigenvalue weighted by Crippen LogP contribution is -2.28. The van der Waals surface area contributed by atoms with E-state index in [0.717, 1.165) is 13.0 Å². The third-order valence-corrected chi connectivity index (χ3v) is 2.66. The van der Waals surface area contributed by atoms with E-state index in [1.165, 1.54) is 0 Å². The van der Waals surface area contributed by atoms with E-state index < -0.39 is 0 Å². The molecule has 0 saturated heterocycles. The van der Waals surface area contributed by atoms with Crippen LogP contribution in [-0.2, 0) is 4.79 Å². The van der Waals surface area contributed by atoms with E-state index in [1.807, 2.05) is 7.05 Å². The van der Waals surface area contributed by atoms with Crippen LogP contribution in [0, 0.1) is 0 Å². The lowest BCUT2D eigenvalue weighted by atomic mass is 10.2. The standard InChI is InChI=1S/C15H22N4O2/c1-3-10-17-15(21)19-13-8-6-12(7-9-13)18-14(20)5-4-11-16-2/h3,6-9,16H,1,4-5,10-11H2,2H3,(H,18,20)(H2,17,19,21). The summed E-state index contributed by atoms with van der Waals surface area (Å²) in [5.41, 5.74) is 1.37. The van der Waals surface area contributed by atoms with Gasteiger partial charge in [0, 0.05) is 24.3 Å². The van der Waals surface area contributed by atoms with Crippen molar-refractivity contribution in [2.24, 2.45) is 0 Å². The number of anilines is 2. The van der Waals surface area contributed by atoms with Crippen LogP contribution in [0.4, 0.5) is 16.2 Å². The van der Waals surface area contributed by atoms with Gasteiger partial charge >= 0.3 is 6.03 Å². The van der Waals surface area contributed by atoms with Crippen LogP contribution in [0.25, 0.3) is 0 Å². The summed E-state index contributed by atoms with van der Waals surface area (Å²) in [5.74, 6) is -0.0188. The van der Waals surface area contributed by atoms with Crippen LogP contribution in [0.3, 0.4) is 0 Å². The Morgan fingerprint density at radius 2 is 1.76 bits per heavy atom. The van der Waals surface area contributed by atoms with Crippen molar-refractivity contribution in [3.05, 3.63) is 36.9 Å². The van der Waals surface area contributed by atoms with Crippen molar-refractivity contribution in [3.8, 4) is 0 Å². The molecule has 6 nitrogen and oxygen atoms in total. The molecule has 114 valence electrons. The van der Waals surface area contributed by atoms with Crippen molar-refractivity contribution in [3.63, 3.8) is 0 Å². The van der Waals surface area contributed by atoms with Crippen LogP contribution in [0.1, 0.15) is 12.8 Å². The van der Waals surface area contributed by atoms with Crippen molar-refractivity contribution >= 4 is 23.3 Å². The molecule has 0 aliphatic carbocycles. The van der Waals surface area contributed by atoms with Gasteiger partial charge in [0.05, 0.1) is 0 Å². The van der Waals surface area contributed by atoms with Gasteiger partial charge in [-0.25, -0.2) is 4.79 Å². The SMILES string of the molecule is C=CCNC(=O)Nc1ccc(NC(=O)CCCNC)cc1. The third kappa shape index (κ3) is 7.12. The van der Waals surface area contributed by atoms with Crippen LogP contribution in [0.15, 0.2) is 36.9 Å². The lowest BCUT2D eigenvalue weighted by Gasteiger charge is -2.08. The Morgan fingerprint density at radius 3 is 2.33 bits per heavy atom. The van der Waals surface area contributed by atoms with E-state index in [1.54, 1.807) is 30.3 Å². The molecule has 0 heterocycles. The Labute approximate surface area is 125 Å². The van der Waals surface area contributed by atoms with Crippen LogP contribution in [0.2, 0.25) is 0 Å². The van der Waals surface area contributed by atoms with Crippen molar-refractivity contribution in [1.29, 1.82) is 0 Å². The quantitative estimate of drug-likeness (QED) is 0.436. The first-order valence-electron chi connectivity index (χ1n) is 6.86. The molecule has 1 rings (SSSR count). The summed E-state index contributed by atoms with van der Waals surface area (Å²) in [6.07, 6.45) is 2.88. The van der Waals surface area contributed by atoms with E-state index >= 15 is 0 Å². The van der Waals surface area contributed by atoms with Gasteiger partial charge in [-0.1, -0.05) is 6.08 Å². The highest BCUT2D eigenvalue weighted by molar-refractivity contribution is 5.92. The summed E-state index contributed by atoms with van der Waals surface area (Å²) in [6.45, 7) is 4.74. The van der Waals surface area contributed by atoms with Crippen LogP contribution in [-0.4, -0.2) is 32.1 Å². The smallest absolute Gasteiger partial charge is 0.319 e. The molecule has 0 spiro atoms. The Kier molecular flexibility index (Phi) is 7.60. The Morgan fingerprint density at radius 1 is 1.14 bits per heavy atom. The molecule has 0 aromatic heterocycles. The number of rotatable bonds is 8. The number of carbonyl (C=O) groups excluding carboxylic acids is 2. The fourth-order valence-electron chi connectivity index (χ4n) is 1.63. The van der Waals surface area contributed by atoms with Crippen molar-refractivity contribution in [1.82, 2.24) is 10.6 Å². The van der Waals surface area contributed by atoms with Crippen molar-refractivity contribution in [2.75, 3.05) is 30.8 Å².